The lowest BCUT2D eigenvalue weighted by atomic mass is 10.2. The van der Waals surface area contributed by atoms with E-state index in [4.69, 9.17) is 20.4 Å². The molecule has 17 heavy (non-hydrogen) atoms. The predicted octanol–water partition coefficient (Wildman–Crippen LogP) is 1.20. The fourth-order valence-electron chi connectivity index (χ4n) is 0.968. The highest BCUT2D eigenvalue weighted by Crippen LogP contribution is 1.99. The van der Waals surface area contributed by atoms with Crippen molar-refractivity contribution in [1.29, 1.82) is 0 Å². The molecule has 0 spiro atoms. The topological polar surface area (TPSA) is 115 Å². The van der Waals surface area contributed by atoms with Gasteiger partial charge in [0.25, 0.3) is 0 Å². The van der Waals surface area contributed by atoms with Crippen LogP contribution in [0.15, 0.2) is 0 Å². The van der Waals surface area contributed by atoms with E-state index in [0.29, 0.717) is 6.42 Å². The van der Waals surface area contributed by atoms with Gasteiger partial charge in [-0.3, -0.25) is 9.59 Å². The van der Waals surface area contributed by atoms with Crippen molar-refractivity contribution in [2.75, 3.05) is 0 Å². The maximum atomic E-state index is 9.79. The van der Waals surface area contributed by atoms with E-state index in [1.807, 2.05) is 0 Å². The molecule has 0 radical (unpaired) electrons. The minimum atomic E-state index is -1.10. The molecule has 0 aromatic heterocycles. The van der Waals surface area contributed by atoms with Crippen molar-refractivity contribution in [3.63, 3.8) is 0 Å². The Morgan fingerprint density at radius 1 is 0.941 bits per heavy atom. The second-order valence-corrected chi connectivity index (χ2v) is 3.62. The molecule has 0 aliphatic heterocycles. The minimum absolute atomic E-state index is 0.0632. The van der Waals surface area contributed by atoms with Crippen LogP contribution in [0.2, 0.25) is 0 Å². The summed E-state index contributed by atoms with van der Waals surface area (Å²) in [6.07, 6.45) is 2.66. The molecule has 0 bridgehead atoms. The Morgan fingerprint density at radius 3 is 1.71 bits per heavy atom. The summed E-state index contributed by atoms with van der Waals surface area (Å²) in [5.41, 5.74) is 0. The molecule has 4 N–H and O–H groups in total. The number of aliphatic hydroxyl groups excluding tert-OH is 1. The van der Waals surface area contributed by atoms with Crippen LogP contribution in [0.25, 0.3) is 0 Å². The molecule has 0 saturated heterocycles. The van der Waals surface area contributed by atoms with Crippen molar-refractivity contribution >= 4 is 11.9 Å². The fourth-order valence-corrected chi connectivity index (χ4v) is 0.968. The normalized spacial score (nSPS) is 9.65. The third-order valence-corrected chi connectivity index (χ3v) is 1.85. The highest BCUT2D eigenvalue weighted by molar-refractivity contribution is 5.69. The van der Waals surface area contributed by atoms with Crippen LogP contribution in [0, 0.1) is 0 Å². The lowest BCUT2D eigenvalue weighted by molar-refractivity contribution is -0.138. The lowest BCUT2D eigenvalue weighted by Crippen LogP contribution is -2.02. The molecule has 0 aliphatic rings. The van der Waals surface area contributed by atoms with Gasteiger partial charge in [0, 0.05) is 12.8 Å². The number of unbranched alkanes of at least 4 members (excludes halogenated alkanes) is 2. The molecule has 0 rings (SSSR count). The number of carboxylic acid groups (broad SMARTS) is 2. The van der Waals surface area contributed by atoms with Crippen LogP contribution >= 0.6 is 0 Å². The Kier molecular flexibility index (Phi) is 13.9. The zero-order valence-corrected chi connectivity index (χ0v) is 10.1. The molecule has 102 valence electrons. The monoisotopic (exact) mass is 250 g/mol. The zero-order chi connectivity index (χ0) is 13.7. The fraction of sp³-hybridized carbons (Fsp3) is 0.818. The van der Waals surface area contributed by atoms with E-state index in [9.17, 15) is 9.59 Å². The summed E-state index contributed by atoms with van der Waals surface area (Å²) in [4.78, 5) is 19.6. The van der Waals surface area contributed by atoms with Crippen LogP contribution in [0.3, 0.4) is 0 Å². The maximum Gasteiger partial charge on any atom is 0.303 e. The average Bonchev–Trinajstić information content (AvgIpc) is 2.17. The van der Waals surface area contributed by atoms with E-state index >= 15 is 0 Å². The first-order valence-electron chi connectivity index (χ1n) is 5.69. The van der Waals surface area contributed by atoms with Gasteiger partial charge in [0.1, 0.15) is 0 Å². The molecule has 0 atom stereocenters. The van der Waals surface area contributed by atoms with Crippen molar-refractivity contribution < 1.29 is 30.0 Å². The van der Waals surface area contributed by atoms with Crippen LogP contribution in [0.4, 0.5) is 0 Å². The summed E-state index contributed by atoms with van der Waals surface area (Å²) in [5.74, 6) is -1.90. The van der Waals surface area contributed by atoms with Gasteiger partial charge in [-0.15, -0.1) is 0 Å². The number of hydrogen-bond acceptors (Lipinski definition) is 4. The molecule has 0 fully saturated rings. The lowest BCUT2D eigenvalue weighted by Gasteiger charge is -1.99. The second-order valence-electron chi connectivity index (χ2n) is 3.62. The molecule has 0 heterocycles. The molecule has 0 aromatic rings. The molecular weight excluding hydrogens is 228 g/mol. The number of carbonyl (C=O) groups is 2. The van der Waals surface area contributed by atoms with Crippen molar-refractivity contribution in [2.45, 2.75) is 58.2 Å². The van der Waals surface area contributed by atoms with E-state index in [-0.39, 0.29) is 19.3 Å². The van der Waals surface area contributed by atoms with Gasteiger partial charge >= 0.3 is 11.9 Å². The first-order valence-corrected chi connectivity index (χ1v) is 5.69. The number of hydrogen-bond donors (Lipinski definition) is 4. The van der Waals surface area contributed by atoms with Gasteiger partial charge in [0.2, 0.25) is 0 Å². The van der Waals surface area contributed by atoms with E-state index in [2.05, 4.69) is 6.92 Å². The highest BCUT2D eigenvalue weighted by Gasteiger charge is 1.99. The number of carboxylic acids is 2. The molecule has 0 aromatic carbocycles. The summed E-state index contributed by atoms with van der Waals surface area (Å²) < 4.78 is 0. The maximum absolute atomic E-state index is 9.79. The van der Waals surface area contributed by atoms with E-state index in [0.717, 1.165) is 19.3 Å². The minimum Gasteiger partial charge on any atom is -0.481 e. The molecular formula is C11H22O6. The second kappa shape index (κ2) is 12.9. The van der Waals surface area contributed by atoms with Gasteiger partial charge in [-0.25, -0.2) is 0 Å². The van der Waals surface area contributed by atoms with Crippen LogP contribution in [-0.4, -0.2) is 38.7 Å². The van der Waals surface area contributed by atoms with Gasteiger partial charge in [0.15, 0.2) is 6.29 Å². The summed E-state index contributed by atoms with van der Waals surface area (Å²) >= 11 is 0. The van der Waals surface area contributed by atoms with Crippen LogP contribution in [0.5, 0.6) is 0 Å². The molecule has 0 amide bonds. The zero-order valence-electron chi connectivity index (χ0n) is 10.1. The van der Waals surface area contributed by atoms with E-state index < -0.39 is 18.2 Å². The Labute approximate surface area is 101 Å². The Morgan fingerprint density at radius 2 is 1.41 bits per heavy atom. The quantitative estimate of drug-likeness (QED) is 0.380. The van der Waals surface area contributed by atoms with Crippen molar-refractivity contribution in [3.05, 3.63) is 0 Å². The van der Waals surface area contributed by atoms with Gasteiger partial charge in [-0.1, -0.05) is 19.8 Å². The predicted molar refractivity (Wildman–Crippen MR) is 61.5 cm³/mol. The first kappa shape index (κ1) is 18.2. The average molecular weight is 250 g/mol. The third kappa shape index (κ3) is 25.3. The van der Waals surface area contributed by atoms with Crippen LogP contribution in [-0.2, 0) is 9.59 Å². The highest BCUT2D eigenvalue weighted by atomic mass is 16.5. The third-order valence-electron chi connectivity index (χ3n) is 1.85. The van der Waals surface area contributed by atoms with Crippen LogP contribution < -0.4 is 0 Å². The number of aliphatic hydroxyl groups is 2. The summed E-state index contributed by atoms with van der Waals surface area (Å²) in [6, 6.07) is 0. The van der Waals surface area contributed by atoms with Crippen molar-refractivity contribution in [3.8, 4) is 0 Å². The Balaban J connectivity index is 0. The molecule has 6 heteroatoms. The van der Waals surface area contributed by atoms with Crippen molar-refractivity contribution in [2.24, 2.45) is 0 Å². The van der Waals surface area contributed by atoms with Crippen LogP contribution in [0.1, 0.15) is 51.9 Å². The smallest absolute Gasteiger partial charge is 0.303 e. The van der Waals surface area contributed by atoms with Gasteiger partial charge in [-0.2, -0.15) is 0 Å². The molecule has 0 saturated carbocycles. The molecule has 0 aliphatic carbocycles. The molecule has 0 unspecified atom stereocenters. The standard InChI is InChI=1S/C6H14O2.C5H8O4/c1-2-3-4-5-6(7)8;6-4(7)2-1-3-5(8)9/h6-8H,2-5H2,1H3;1-3H2,(H,6,7)(H,8,9). The Bertz CT molecular complexity index is 188. The number of rotatable bonds is 8. The summed E-state index contributed by atoms with van der Waals surface area (Å²) in [6.45, 7) is 2.09. The summed E-state index contributed by atoms with van der Waals surface area (Å²) in [7, 11) is 0. The van der Waals surface area contributed by atoms with Crippen molar-refractivity contribution in [1.82, 2.24) is 0 Å². The number of aliphatic carboxylic acids is 2. The van der Waals surface area contributed by atoms with Gasteiger partial charge in [0.05, 0.1) is 0 Å². The summed E-state index contributed by atoms with van der Waals surface area (Å²) in [5, 5.41) is 32.7. The van der Waals surface area contributed by atoms with Gasteiger partial charge in [-0.05, 0) is 19.3 Å². The van der Waals surface area contributed by atoms with Gasteiger partial charge < -0.3 is 20.4 Å². The Hall–Kier alpha value is -1.14. The first-order chi connectivity index (χ1) is 7.90. The largest absolute Gasteiger partial charge is 0.481 e. The van der Waals surface area contributed by atoms with E-state index in [1.165, 1.54) is 0 Å². The SMILES string of the molecule is CCCCCC(O)O.O=C(O)CCCC(=O)O. The van der Waals surface area contributed by atoms with E-state index in [1.54, 1.807) is 0 Å². The molecule has 6 nitrogen and oxygen atoms in total.